The molecule has 0 fully saturated rings. The summed E-state index contributed by atoms with van der Waals surface area (Å²) in [5.74, 6) is 1.30. The molecule has 0 unspecified atom stereocenters. The summed E-state index contributed by atoms with van der Waals surface area (Å²) in [6.45, 7) is 14.6. The van der Waals surface area contributed by atoms with Gasteiger partial charge in [0.1, 0.15) is 5.76 Å². The van der Waals surface area contributed by atoms with E-state index >= 15 is 0 Å². The minimum atomic E-state index is 0.518. The maximum Gasteiger partial charge on any atom is 0.139 e. The fourth-order valence-corrected chi connectivity index (χ4v) is 0.715. The van der Waals surface area contributed by atoms with E-state index in [2.05, 4.69) is 25.4 Å². The molecule has 0 atom stereocenters. The summed E-state index contributed by atoms with van der Waals surface area (Å²) in [5, 5.41) is 0. The molecule has 0 aliphatic heterocycles. The maximum absolute atomic E-state index is 5.57. The number of ether oxygens (including phenoxy) is 1. The first-order valence-corrected chi connectivity index (χ1v) is 4.93. The molecule has 0 N–H and O–H groups in total. The lowest BCUT2D eigenvalue weighted by Crippen LogP contribution is -2.02. The van der Waals surface area contributed by atoms with Gasteiger partial charge in [0.05, 0.1) is 12.8 Å². The Morgan fingerprint density at radius 3 is 2.29 bits per heavy atom. The van der Waals surface area contributed by atoms with E-state index in [1.165, 1.54) is 0 Å². The first kappa shape index (κ1) is 12.9. The number of allylic oxidation sites excluding steroid dienone is 1. The van der Waals surface area contributed by atoms with Crippen molar-refractivity contribution in [3.05, 3.63) is 24.1 Å². The first-order chi connectivity index (χ1) is 6.43. The number of nitrogens with zero attached hydrogens (tertiary/aromatic N) is 1. The van der Waals surface area contributed by atoms with Gasteiger partial charge in [-0.1, -0.05) is 20.4 Å². The predicted octanol–water partition coefficient (Wildman–Crippen LogP) is 3.56. The van der Waals surface area contributed by atoms with E-state index in [1.807, 2.05) is 20.8 Å². The Morgan fingerprint density at radius 1 is 1.36 bits per heavy atom. The molecule has 0 spiro atoms. The van der Waals surface area contributed by atoms with Gasteiger partial charge in [0.15, 0.2) is 0 Å². The summed E-state index contributed by atoms with van der Waals surface area (Å²) < 4.78 is 5.57. The molecule has 0 saturated heterocycles. The molecule has 0 radical (unpaired) electrons. The summed E-state index contributed by atoms with van der Waals surface area (Å²) in [5.41, 5.74) is 1.92. The minimum absolute atomic E-state index is 0.518. The second-order valence-electron chi connectivity index (χ2n) is 4.05. The molecule has 80 valence electrons. The second-order valence-corrected chi connectivity index (χ2v) is 4.05. The van der Waals surface area contributed by atoms with E-state index in [9.17, 15) is 0 Å². The summed E-state index contributed by atoms with van der Waals surface area (Å²) >= 11 is 0. The van der Waals surface area contributed by atoms with Gasteiger partial charge in [-0.3, -0.25) is 4.99 Å². The van der Waals surface area contributed by atoms with Crippen LogP contribution in [0, 0.1) is 5.92 Å². The highest BCUT2D eigenvalue weighted by atomic mass is 16.5. The van der Waals surface area contributed by atoms with E-state index in [0.29, 0.717) is 12.5 Å². The molecular formula is C12H21NO. The van der Waals surface area contributed by atoms with Gasteiger partial charge in [-0.05, 0) is 32.3 Å². The quantitative estimate of drug-likeness (QED) is 0.373. The fourth-order valence-electron chi connectivity index (χ4n) is 0.715. The third-order valence-electron chi connectivity index (χ3n) is 1.43. The standard InChI is InChI=1S/C12H21NO/c1-9(2)8-14-12(10(3)4)7-13-11(5)6/h7,9H,3,8H2,1-2,4-6H3/b12-7+. The molecule has 2 nitrogen and oxygen atoms in total. The molecule has 0 heterocycles. The van der Waals surface area contributed by atoms with Gasteiger partial charge < -0.3 is 4.74 Å². The van der Waals surface area contributed by atoms with Crippen LogP contribution in [-0.4, -0.2) is 12.3 Å². The molecule has 0 saturated carbocycles. The highest BCUT2D eigenvalue weighted by Gasteiger charge is 2.00. The largest absolute Gasteiger partial charge is 0.491 e. The Hall–Kier alpha value is -1.05. The van der Waals surface area contributed by atoms with E-state index in [1.54, 1.807) is 6.20 Å². The van der Waals surface area contributed by atoms with Crippen molar-refractivity contribution >= 4 is 5.71 Å². The van der Waals surface area contributed by atoms with Crippen molar-refractivity contribution in [1.82, 2.24) is 0 Å². The van der Waals surface area contributed by atoms with E-state index in [4.69, 9.17) is 4.74 Å². The molecule has 0 aromatic heterocycles. The van der Waals surface area contributed by atoms with Crippen LogP contribution in [-0.2, 0) is 4.74 Å². The van der Waals surface area contributed by atoms with Gasteiger partial charge in [0.25, 0.3) is 0 Å². The van der Waals surface area contributed by atoms with Gasteiger partial charge >= 0.3 is 0 Å². The van der Waals surface area contributed by atoms with Gasteiger partial charge in [0, 0.05) is 5.71 Å². The molecule has 0 bridgehead atoms. The van der Waals surface area contributed by atoms with E-state index in [0.717, 1.165) is 17.0 Å². The van der Waals surface area contributed by atoms with Crippen molar-refractivity contribution in [3.8, 4) is 0 Å². The van der Waals surface area contributed by atoms with Crippen molar-refractivity contribution < 1.29 is 4.74 Å². The zero-order chi connectivity index (χ0) is 11.1. The van der Waals surface area contributed by atoms with Crippen LogP contribution in [0.2, 0.25) is 0 Å². The third-order valence-corrected chi connectivity index (χ3v) is 1.43. The number of hydrogen-bond donors (Lipinski definition) is 0. The van der Waals surface area contributed by atoms with Crippen LogP contribution in [0.1, 0.15) is 34.6 Å². The van der Waals surface area contributed by atoms with Crippen molar-refractivity contribution in [1.29, 1.82) is 0 Å². The molecule has 0 aromatic carbocycles. The summed E-state index contributed by atoms with van der Waals surface area (Å²) in [6.07, 6.45) is 1.74. The van der Waals surface area contributed by atoms with Crippen molar-refractivity contribution in [2.24, 2.45) is 10.9 Å². The lowest BCUT2D eigenvalue weighted by Gasteiger charge is -2.11. The normalized spacial score (nSPS) is 11.4. The van der Waals surface area contributed by atoms with Crippen LogP contribution in [0.4, 0.5) is 0 Å². The molecule has 14 heavy (non-hydrogen) atoms. The van der Waals surface area contributed by atoms with Crippen LogP contribution in [0.5, 0.6) is 0 Å². The van der Waals surface area contributed by atoms with Crippen molar-refractivity contribution in [2.75, 3.05) is 6.61 Å². The van der Waals surface area contributed by atoms with Crippen LogP contribution < -0.4 is 0 Å². The highest BCUT2D eigenvalue weighted by Crippen LogP contribution is 2.10. The molecule has 0 aliphatic carbocycles. The highest BCUT2D eigenvalue weighted by molar-refractivity contribution is 5.79. The predicted molar refractivity (Wildman–Crippen MR) is 62.5 cm³/mol. The van der Waals surface area contributed by atoms with Crippen LogP contribution in [0.15, 0.2) is 29.1 Å². The fraction of sp³-hybridized carbons (Fsp3) is 0.583. The number of aliphatic imine (C=N–C) groups is 1. The molecule has 0 amide bonds. The summed E-state index contributed by atoms with van der Waals surface area (Å²) in [4.78, 5) is 4.19. The molecule has 2 heteroatoms. The maximum atomic E-state index is 5.57. The van der Waals surface area contributed by atoms with E-state index in [-0.39, 0.29) is 0 Å². The first-order valence-electron chi connectivity index (χ1n) is 4.93. The van der Waals surface area contributed by atoms with Gasteiger partial charge in [0.2, 0.25) is 0 Å². The van der Waals surface area contributed by atoms with Crippen LogP contribution in [0.25, 0.3) is 0 Å². The molecule has 0 rings (SSSR count). The SMILES string of the molecule is C=C(C)/C(=C\N=C(C)C)OCC(C)C. The molecular weight excluding hydrogens is 174 g/mol. The smallest absolute Gasteiger partial charge is 0.139 e. The average molecular weight is 195 g/mol. The van der Waals surface area contributed by atoms with Crippen molar-refractivity contribution in [3.63, 3.8) is 0 Å². The zero-order valence-electron chi connectivity index (χ0n) is 9.92. The number of hydrogen-bond acceptors (Lipinski definition) is 2. The number of rotatable bonds is 5. The zero-order valence-corrected chi connectivity index (χ0v) is 9.92. The topological polar surface area (TPSA) is 21.6 Å². The lowest BCUT2D eigenvalue weighted by atomic mass is 10.2. The van der Waals surface area contributed by atoms with Gasteiger partial charge in [-0.2, -0.15) is 0 Å². The molecule has 0 aliphatic rings. The van der Waals surface area contributed by atoms with Gasteiger partial charge in [-0.25, -0.2) is 0 Å². The summed E-state index contributed by atoms with van der Waals surface area (Å²) in [7, 11) is 0. The second kappa shape index (κ2) is 6.41. The van der Waals surface area contributed by atoms with Gasteiger partial charge in [-0.15, -0.1) is 0 Å². The Morgan fingerprint density at radius 2 is 1.93 bits per heavy atom. The average Bonchev–Trinajstić information content (AvgIpc) is 2.02. The van der Waals surface area contributed by atoms with Crippen LogP contribution in [0.3, 0.4) is 0 Å². The monoisotopic (exact) mass is 195 g/mol. The van der Waals surface area contributed by atoms with Crippen LogP contribution >= 0.6 is 0 Å². The van der Waals surface area contributed by atoms with Crippen molar-refractivity contribution in [2.45, 2.75) is 34.6 Å². The molecule has 0 aromatic rings. The van der Waals surface area contributed by atoms with E-state index < -0.39 is 0 Å². The Balaban J connectivity index is 4.38. The summed E-state index contributed by atoms with van der Waals surface area (Å²) in [6, 6.07) is 0. The third kappa shape index (κ3) is 6.46. The Labute approximate surface area is 87.4 Å². The Kier molecular flexibility index (Phi) is 5.93. The Bertz CT molecular complexity index is 245. The lowest BCUT2D eigenvalue weighted by molar-refractivity contribution is 0.185. The minimum Gasteiger partial charge on any atom is -0.491 e.